The first-order chi connectivity index (χ1) is 9.98. The molecular weight excluding hydrogens is 306 g/mol. The van der Waals surface area contributed by atoms with E-state index < -0.39 is 15.6 Å². The van der Waals surface area contributed by atoms with Crippen LogP contribution in [0, 0.1) is 0 Å². The molecule has 1 rings (SSSR count). The van der Waals surface area contributed by atoms with Crippen LogP contribution in [0.2, 0.25) is 0 Å². The SMILES string of the molecule is CN(C(=O)OC(C)(C)C)[C@H]1CCCN(CCNS(C)(=O)=O)C1. The summed E-state index contributed by atoms with van der Waals surface area (Å²) >= 11 is 0. The summed E-state index contributed by atoms with van der Waals surface area (Å²) in [5, 5.41) is 0. The van der Waals surface area contributed by atoms with Crippen LogP contribution < -0.4 is 4.72 Å². The van der Waals surface area contributed by atoms with E-state index in [9.17, 15) is 13.2 Å². The maximum absolute atomic E-state index is 12.1. The predicted octanol–water partition coefficient (Wildman–Crippen LogP) is 0.867. The number of likely N-dealkylation sites (tertiary alicyclic amines) is 1. The van der Waals surface area contributed by atoms with Gasteiger partial charge >= 0.3 is 6.09 Å². The lowest BCUT2D eigenvalue weighted by Gasteiger charge is -2.38. The van der Waals surface area contributed by atoms with Crippen molar-refractivity contribution >= 4 is 16.1 Å². The lowest BCUT2D eigenvalue weighted by atomic mass is 10.0. The Morgan fingerprint density at radius 3 is 2.59 bits per heavy atom. The van der Waals surface area contributed by atoms with Gasteiger partial charge in [-0.3, -0.25) is 4.90 Å². The molecule has 0 radical (unpaired) electrons. The molecule has 1 amide bonds. The number of hydrogen-bond acceptors (Lipinski definition) is 5. The summed E-state index contributed by atoms with van der Waals surface area (Å²) in [5.74, 6) is 0. The zero-order valence-corrected chi connectivity index (χ0v) is 15.1. The zero-order chi connectivity index (χ0) is 17.0. The van der Waals surface area contributed by atoms with Crippen molar-refractivity contribution in [2.75, 3.05) is 39.5 Å². The summed E-state index contributed by atoms with van der Waals surface area (Å²) in [6, 6.07) is 0.0989. The number of carbonyl (C=O) groups is 1. The number of nitrogens with zero attached hydrogens (tertiary/aromatic N) is 2. The number of amides is 1. The normalized spacial score (nSPS) is 20.7. The van der Waals surface area contributed by atoms with Crippen LogP contribution in [-0.4, -0.2) is 75.4 Å². The number of sulfonamides is 1. The molecule has 8 heteroatoms. The number of carbonyl (C=O) groups excluding carboxylic acids is 1. The first kappa shape index (κ1) is 19.2. The van der Waals surface area contributed by atoms with E-state index in [-0.39, 0.29) is 12.1 Å². The highest BCUT2D eigenvalue weighted by Gasteiger charge is 2.28. The van der Waals surface area contributed by atoms with E-state index in [4.69, 9.17) is 4.74 Å². The van der Waals surface area contributed by atoms with Gasteiger partial charge in [-0.2, -0.15) is 0 Å². The summed E-state index contributed by atoms with van der Waals surface area (Å²) < 4.78 is 30.0. The van der Waals surface area contributed by atoms with Gasteiger partial charge in [0, 0.05) is 32.7 Å². The van der Waals surface area contributed by atoms with Crippen LogP contribution in [0.3, 0.4) is 0 Å². The third-order valence-corrected chi connectivity index (χ3v) is 4.23. The highest BCUT2D eigenvalue weighted by molar-refractivity contribution is 7.88. The fourth-order valence-electron chi connectivity index (χ4n) is 2.42. The van der Waals surface area contributed by atoms with E-state index in [0.717, 1.165) is 32.2 Å². The minimum Gasteiger partial charge on any atom is -0.444 e. The zero-order valence-electron chi connectivity index (χ0n) is 14.3. The molecule has 0 spiro atoms. The number of nitrogens with one attached hydrogen (secondary N) is 1. The van der Waals surface area contributed by atoms with Gasteiger partial charge in [-0.25, -0.2) is 17.9 Å². The molecule has 1 aliphatic heterocycles. The second-order valence-corrected chi connectivity index (χ2v) is 8.69. The Morgan fingerprint density at radius 1 is 1.41 bits per heavy atom. The van der Waals surface area contributed by atoms with Crippen molar-refractivity contribution in [2.24, 2.45) is 0 Å². The highest BCUT2D eigenvalue weighted by atomic mass is 32.2. The first-order valence-electron chi connectivity index (χ1n) is 7.61. The van der Waals surface area contributed by atoms with Gasteiger partial charge in [-0.1, -0.05) is 0 Å². The average Bonchev–Trinajstić information content (AvgIpc) is 2.34. The van der Waals surface area contributed by atoms with Gasteiger partial charge in [0.15, 0.2) is 0 Å². The van der Waals surface area contributed by atoms with Gasteiger partial charge in [0.1, 0.15) is 5.60 Å². The molecule has 1 aliphatic rings. The number of ether oxygens (including phenoxy) is 1. The van der Waals surface area contributed by atoms with Gasteiger partial charge in [-0.15, -0.1) is 0 Å². The fraction of sp³-hybridized carbons (Fsp3) is 0.929. The van der Waals surface area contributed by atoms with Crippen LogP contribution in [0.5, 0.6) is 0 Å². The van der Waals surface area contributed by atoms with E-state index in [1.54, 1.807) is 11.9 Å². The Morgan fingerprint density at radius 2 is 2.05 bits per heavy atom. The number of hydrogen-bond donors (Lipinski definition) is 1. The molecule has 7 nitrogen and oxygen atoms in total. The largest absolute Gasteiger partial charge is 0.444 e. The summed E-state index contributed by atoms with van der Waals surface area (Å²) in [7, 11) is -1.39. The van der Waals surface area contributed by atoms with Crippen molar-refractivity contribution in [1.82, 2.24) is 14.5 Å². The van der Waals surface area contributed by atoms with Gasteiger partial charge in [0.25, 0.3) is 0 Å². The standard InChI is InChI=1S/C14H29N3O4S/c1-14(2,3)21-13(18)16(4)12-7-6-9-17(11-12)10-8-15-22(5,19)20/h12,15H,6-11H2,1-5H3/t12-/m0/s1. The monoisotopic (exact) mass is 335 g/mol. The van der Waals surface area contributed by atoms with E-state index in [2.05, 4.69) is 9.62 Å². The molecule has 0 aromatic rings. The third kappa shape index (κ3) is 7.42. The first-order valence-corrected chi connectivity index (χ1v) is 9.50. The predicted molar refractivity (Wildman–Crippen MR) is 86.3 cm³/mol. The quantitative estimate of drug-likeness (QED) is 0.806. The van der Waals surface area contributed by atoms with Crippen LogP contribution in [-0.2, 0) is 14.8 Å². The Labute approximate surface area is 134 Å². The van der Waals surface area contributed by atoms with Crippen LogP contribution >= 0.6 is 0 Å². The molecule has 0 aromatic carbocycles. The maximum atomic E-state index is 12.1. The average molecular weight is 335 g/mol. The lowest BCUT2D eigenvalue weighted by Crippen LogP contribution is -2.50. The summed E-state index contributed by atoms with van der Waals surface area (Å²) in [4.78, 5) is 15.9. The second kappa shape index (κ2) is 7.61. The van der Waals surface area contributed by atoms with Crippen molar-refractivity contribution in [3.8, 4) is 0 Å². The molecule has 130 valence electrons. The molecule has 1 heterocycles. The molecule has 0 aromatic heterocycles. The molecule has 22 heavy (non-hydrogen) atoms. The van der Waals surface area contributed by atoms with Crippen molar-refractivity contribution in [3.63, 3.8) is 0 Å². The van der Waals surface area contributed by atoms with Crippen LogP contribution in [0.4, 0.5) is 4.79 Å². The summed E-state index contributed by atoms with van der Waals surface area (Å²) in [5.41, 5.74) is -0.501. The molecule has 0 unspecified atom stereocenters. The number of rotatable bonds is 5. The third-order valence-electron chi connectivity index (χ3n) is 3.50. The highest BCUT2D eigenvalue weighted by Crippen LogP contribution is 2.17. The number of piperidine rings is 1. The van der Waals surface area contributed by atoms with Crippen molar-refractivity contribution < 1.29 is 17.9 Å². The molecule has 0 bridgehead atoms. The second-order valence-electron chi connectivity index (χ2n) is 6.85. The Bertz CT molecular complexity index is 473. The molecule has 0 saturated carbocycles. The molecular formula is C14H29N3O4S. The fourth-order valence-corrected chi connectivity index (χ4v) is 2.88. The maximum Gasteiger partial charge on any atom is 0.410 e. The van der Waals surface area contributed by atoms with Gasteiger partial charge in [0.2, 0.25) is 10.0 Å². The minimum absolute atomic E-state index is 0.0989. The smallest absolute Gasteiger partial charge is 0.410 e. The summed E-state index contributed by atoms with van der Waals surface area (Å²) in [6.07, 6.45) is 2.76. The van der Waals surface area contributed by atoms with Crippen molar-refractivity contribution in [2.45, 2.75) is 45.3 Å². The topological polar surface area (TPSA) is 79.0 Å². The Balaban J connectivity index is 2.46. The molecule has 1 atom stereocenters. The van der Waals surface area contributed by atoms with Crippen LogP contribution in [0.1, 0.15) is 33.6 Å². The summed E-state index contributed by atoms with van der Waals surface area (Å²) in [6.45, 7) is 8.24. The Kier molecular flexibility index (Phi) is 6.64. The minimum atomic E-state index is -3.15. The van der Waals surface area contributed by atoms with E-state index in [1.165, 1.54) is 0 Å². The van der Waals surface area contributed by atoms with Crippen LogP contribution in [0.15, 0.2) is 0 Å². The molecule has 1 saturated heterocycles. The lowest BCUT2D eigenvalue weighted by molar-refractivity contribution is 0.0137. The van der Waals surface area contributed by atoms with Gasteiger partial charge in [0.05, 0.1) is 6.26 Å². The van der Waals surface area contributed by atoms with E-state index >= 15 is 0 Å². The van der Waals surface area contributed by atoms with E-state index in [0.29, 0.717) is 13.1 Å². The van der Waals surface area contributed by atoms with Crippen LogP contribution in [0.25, 0.3) is 0 Å². The van der Waals surface area contributed by atoms with Crippen molar-refractivity contribution in [3.05, 3.63) is 0 Å². The van der Waals surface area contributed by atoms with Gasteiger partial charge < -0.3 is 9.64 Å². The molecule has 0 aliphatic carbocycles. The number of likely N-dealkylation sites (N-methyl/N-ethyl adjacent to an activating group) is 1. The Hall–Kier alpha value is -0.860. The van der Waals surface area contributed by atoms with Crippen molar-refractivity contribution in [1.29, 1.82) is 0 Å². The molecule has 1 fully saturated rings. The van der Waals surface area contributed by atoms with E-state index in [1.807, 2.05) is 20.8 Å². The molecule has 1 N–H and O–H groups in total. The van der Waals surface area contributed by atoms with Gasteiger partial charge in [-0.05, 0) is 40.2 Å².